The number of nitrogens with zero attached hydrogens (tertiary/aromatic N) is 3. The van der Waals surface area contributed by atoms with Gasteiger partial charge in [0.1, 0.15) is 11.3 Å². The zero-order chi connectivity index (χ0) is 17.1. The summed E-state index contributed by atoms with van der Waals surface area (Å²) in [6.45, 7) is 0.249. The zero-order valence-electron chi connectivity index (χ0n) is 12.7. The average molecular weight is 345 g/mol. The minimum Gasteiger partial charge on any atom is -0.465 e. The van der Waals surface area contributed by atoms with Crippen molar-refractivity contribution in [3.63, 3.8) is 0 Å². The van der Waals surface area contributed by atoms with Crippen molar-refractivity contribution in [3.05, 3.63) is 64.8 Å². The number of imidazole rings is 1. The van der Waals surface area contributed by atoms with Crippen molar-refractivity contribution in [2.45, 2.75) is 6.54 Å². The molecule has 24 heavy (non-hydrogen) atoms. The predicted octanol–water partition coefficient (Wildman–Crippen LogP) is 2.10. The minimum atomic E-state index is -0.502. The van der Waals surface area contributed by atoms with Crippen LogP contribution in [0.5, 0.6) is 0 Å². The normalized spacial score (nSPS) is 10.6. The van der Waals surface area contributed by atoms with E-state index in [1.54, 1.807) is 28.9 Å². The second-order valence-electron chi connectivity index (χ2n) is 4.95. The largest absolute Gasteiger partial charge is 0.465 e. The summed E-state index contributed by atoms with van der Waals surface area (Å²) in [7, 11) is 1.28. The predicted molar refractivity (Wildman–Crippen MR) is 86.9 cm³/mol. The summed E-state index contributed by atoms with van der Waals surface area (Å²) in [5.41, 5.74) is 1.92. The molecule has 0 radical (unpaired) electrons. The van der Waals surface area contributed by atoms with Crippen molar-refractivity contribution in [2.24, 2.45) is 0 Å². The monoisotopic (exact) mass is 344 g/mol. The number of rotatable bonds is 4. The molecule has 0 aliphatic heterocycles. The number of hydrogen-bond donors (Lipinski definition) is 1. The maximum absolute atomic E-state index is 12.1. The lowest BCUT2D eigenvalue weighted by Crippen LogP contribution is -2.24. The van der Waals surface area contributed by atoms with Crippen LogP contribution in [0.3, 0.4) is 0 Å². The van der Waals surface area contributed by atoms with Crippen LogP contribution in [0.25, 0.3) is 5.65 Å². The molecule has 122 valence electrons. The van der Waals surface area contributed by atoms with E-state index in [0.717, 1.165) is 5.65 Å². The average Bonchev–Trinajstić information content (AvgIpc) is 3.01. The van der Waals surface area contributed by atoms with Crippen LogP contribution >= 0.6 is 11.6 Å². The molecule has 8 heteroatoms. The van der Waals surface area contributed by atoms with Crippen molar-refractivity contribution in [1.82, 2.24) is 19.7 Å². The summed E-state index contributed by atoms with van der Waals surface area (Å²) in [6, 6.07) is 6.49. The molecule has 0 atom stereocenters. The summed E-state index contributed by atoms with van der Waals surface area (Å²) >= 11 is 5.92. The Labute approximate surface area is 142 Å². The third-order valence-electron chi connectivity index (χ3n) is 3.31. The van der Waals surface area contributed by atoms with Crippen LogP contribution in [0.1, 0.15) is 26.5 Å². The number of pyridine rings is 2. The second-order valence-corrected chi connectivity index (χ2v) is 5.39. The molecule has 0 aliphatic carbocycles. The maximum Gasteiger partial charge on any atom is 0.339 e. The molecule has 3 aromatic heterocycles. The summed E-state index contributed by atoms with van der Waals surface area (Å²) in [6.07, 6.45) is 4.82. The molecule has 0 saturated heterocycles. The minimum absolute atomic E-state index is 0.203. The lowest BCUT2D eigenvalue weighted by atomic mass is 10.2. The van der Waals surface area contributed by atoms with Crippen molar-refractivity contribution in [2.75, 3.05) is 7.11 Å². The number of halogens is 1. The number of fused-ring (bicyclic) bond motifs is 1. The van der Waals surface area contributed by atoms with Gasteiger partial charge in [0.15, 0.2) is 0 Å². The Hall–Kier alpha value is -2.93. The molecule has 0 spiro atoms. The third kappa shape index (κ3) is 3.36. The first-order valence-electron chi connectivity index (χ1n) is 7.02. The fraction of sp³-hybridized carbons (Fsp3) is 0.125. The van der Waals surface area contributed by atoms with E-state index in [4.69, 9.17) is 11.6 Å². The summed E-state index contributed by atoms with van der Waals surface area (Å²) in [5, 5.41) is 3.33. The highest BCUT2D eigenvalue weighted by molar-refractivity contribution is 6.30. The lowest BCUT2D eigenvalue weighted by molar-refractivity contribution is 0.0599. The van der Waals surface area contributed by atoms with Gasteiger partial charge in [-0.25, -0.2) is 9.78 Å². The fourth-order valence-electron chi connectivity index (χ4n) is 2.13. The molecule has 0 fully saturated rings. The van der Waals surface area contributed by atoms with E-state index in [0.29, 0.717) is 10.7 Å². The first-order chi connectivity index (χ1) is 11.6. The fourth-order valence-corrected chi connectivity index (χ4v) is 2.30. The van der Waals surface area contributed by atoms with Crippen LogP contribution in [0.4, 0.5) is 0 Å². The van der Waals surface area contributed by atoms with Gasteiger partial charge in [0.05, 0.1) is 29.9 Å². The molecule has 1 N–H and O–H groups in total. The maximum atomic E-state index is 12.1. The summed E-state index contributed by atoms with van der Waals surface area (Å²) < 4.78 is 6.36. The van der Waals surface area contributed by atoms with Crippen molar-refractivity contribution in [1.29, 1.82) is 0 Å². The highest BCUT2D eigenvalue weighted by Crippen LogP contribution is 2.11. The van der Waals surface area contributed by atoms with Crippen LogP contribution < -0.4 is 5.32 Å². The van der Waals surface area contributed by atoms with Crippen LogP contribution in [0.15, 0.2) is 42.9 Å². The number of carbonyl (C=O) groups is 2. The Kier molecular flexibility index (Phi) is 4.43. The Morgan fingerprint density at radius 1 is 1.25 bits per heavy atom. The van der Waals surface area contributed by atoms with Crippen LogP contribution in [0, 0.1) is 0 Å². The topological polar surface area (TPSA) is 85.6 Å². The van der Waals surface area contributed by atoms with E-state index >= 15 is 0 Å². The van der Waals surface area contributed by atoms with E-state index in [-0.39, 0.29) is 23.7 Å². The summed E-state index contributed by atoms with van der Waals surface area (Å²) in [4.78, 5) is 31.8. The SMILES string of the molecule is COC(=O)c1ccc(C(=O)NCc2cn3cc(Cl)ccc3n2)nc1. The molecular weight excluding hydrogens is 332 g/mol. The molecule has 0 aromatic carbocycles. The van der Waals surface area contributed by atoms with Gasteiger partial charge in [-0.05, 0) is 24.3 Å². The number of nitrogens with one attached hydrogen (secondary N) is 1. The Morgan fingerprint density at radius 2 is 2.08 bits per heavy atom. The Balaban J connectivity index is 1.66. The number of esters is 1. The third-order valence-corrected chi connectivity index (χ3v) is 3.54. The highest BCUT2D eigenvalue weighted by Gasteiger charge is 2.11. The quantitative estimate of drug-likeness (QED) is 0.732. The first kappa shape index (κ1) is 15.9. The molecule has 3 heterocycles. The zero-order valence-corrected chi connectivity index (χ0v) is 13.4. The van der Waals surface area contributed by atoms with Crippen LogP contribution in [0.2, 0.25) is 5.02 Å². The molecule has 3 aromatic rings. The van der Waals surface area contributed by atoms with Gasteiger partial charge in [-0.1, -0.05) is 11.6 Å². The van der Waals surface area contributed by atoms with Crippen molar-refractivity contribution >= 4 is 29.1 Å². The molecular formula is C16H13ClN4O3. The second kappa shape index (κ2) is 6.67. The van der Waals surface area contributed by atoms with Gasteiger partial charge in [0, 0.05) is 18.6 Å². The molecule has 0 unspecified atom stereocenters. The molecule has 3 rings (SSSR count). The van der Waals surface area contributed by atoms with E-state index in [9.17, 15) is 9.59 Å². The smallest absolute Gasteiger partial charge is 0.339 e. The van der Waals surface area contributed by atoms with Gasteiger partial charge >= 0.3 is 5.97 Å². The van der Waals surface area contributed by atoms with Crippen LogP contribution in [-0.2, 0) is 11.3 Å². The van der Waals surface area contributed by atoms with E-state index in [1.165, 1.54) is 25.4 Å². The van der Waals surface area contributed by atoms with E-state index in [1.807, 2.05) is 0 Å². The van der Waals surface area contributed by atoms with Crippen molar-refractivity contribution in [3.8, 4) is 0 Å². The van der Waals surface area contributed by atoms with Gasteiger partial charge in [-0.2, -0.15) is 0 Å². The number of hydrogen-bond acceptors (Lipinski definition) is 5. The van der Waals surface area contributed by atoms with E-state index < -0.39 is 5.97 Å². The first-order valence-corrected chi connectivity index (χ1v) is 7.40. The molecule has 0 bridgehead atoms. The molecule has 1 amide bonds. The number of aromatic nitrogens is 3. The molecule has 0 aliphatic rings. The molecule has 0 saturated carbocycles. The lowest BCUT2D eigenvalue weighted by Gasteiger charge is -2.03. The van der Waals surface area contributed by atoms with Crippen LogP contribution in [-0.4, -0.2) is 33.4 Å². The van der Waals surface area contributed by atoms with Gasteiger partial charge in [0.2, 0.25) is 0 Å². The number of ether oxygens (including phenoxy) is 1. The summed E-state index contributed by atoms with van der Waals surface area (Å²) in [5.74, 6) is -0.862. The Bertz CT molecular complexity index is 905. The van der Waals surface area contributed by atoms with Gasteiger partial charge in [0.25, 0.3) is 5.91 Å². The van der Waals surface area contributed by atoms with Gasteiger partial charge in [-0.15, -0.1) is 0 Å². The van der Waals surface area contributed by atoms with Crippen molar-refractivity contribution < 1.29 is 14.3 Å². The van der Waals surface area contributed by atoms with Gasteiger partial charge in [-0.3, -0.25) is 9.78 Å². The van der Waals surface area contributed by atoms with E-state index in [2.05, 4.69) is 20.0 Å². The van der Waals surface area contributed by atoms with Gasteiger partial charge < -0.3 is 14.5 Å². The number of methoxy groups -OCH3 is 1. The standard InChI is InChI=1S/C16H13ClN4O3/c1-24-16(23)10-2-4-13(18-6-10)15(22)19-7-12-9-21-8-11(17)3-5-14(21)20-12/h2-6,8-9H,7H2,1H3,(H,19,22). The number of carbonyl (C=O) groups excluding carboxylic acids is 2. The highest BCUT2D eigenvalue weighted by atomic mass is 35.5. The Morgan fingerprint density at radius 3 is 2.79 bits per heavy atom. The number of amides is 1. The molecule has 7 nitrogen and oxygen atoms in total.